The van der Waals surface area contributed by atoms with Gasteiger partial charge in [-0.1, -0.05) is 12.1 Å². The van der Waals surface area contributed by atoms with E-state index in [9.17, 15) is 18.0 Å². The summed E-state index contributed by atoms with van der Waals surface area (Å²) in [7, 11) is 0. The van der Waals surface area contributed by atoms with Crippen molar-refractivity contribution in [2.45, 2.75) is 19.1 Å². The summed E-state index contributed by atoms with van der Waals surface area (Å²) in [5.74, 6) is 0.650. The summed E-state index contributed by atoms with van der Waals surface area (Å²) in [5.41, 5.74) is 8.74. The highest BCUT2D eigenvalue weighted by Crippen LogP contribution is 2.39. The van der Waals surface area contributed by atoms with Gasteiger partial charge in [-0.3, -0.25) is 4.79 Å². The third kappa shape index (κ3) is 4.88. The maximum Gasteiger partial charge on any atom is 0.405 e. The normalized spacial score (nSPS) is 12.7. The molecule has 1 aromatic carbocycles. The highest BCUT2D eigenvalue weighted by molar-refractivity contribution is 5.94. The molecule has 0 saturated heterocycles. The molecule has 2 aromatic heterocycles. The van der Waals surface area contributed by atoms with Crippen molar-refractivity contribution >= 4 is 17.7 Å². The first-order chi connectivity index (χ1) is 15.3. The Hall–Kier alpha value is -3.89. The second-order valence-electron chi connectivity index (χ2n) is 7.08. The molecular weight excluding hydrogens is 425 g/mol. The van der Waals surface area contributed by atoms with Crippen LogP contribution in [0.25, 0.3) is 11.3 Å². The minimum atomic E-state index is -4.47. The van der Waals surface area contributed by atoms with E-state index in [1.54, 1.807) is 30.6 Å². The quantitative estimate of drug-likeness (QED) is 0.535. The molecule has 4 N–H and O–H groups in total. The molecule has 0 spiro atoms. The Labute approximate surface area is 181 Å². The lowest BCUT2D eigenvalue weighted by Crippen LogP contribution is -2.33. The summed E-state index contributed by atoms with van der Waals surface area (Å²) in [6.45, 7) is -0.563. The number of carbonyl (C=O) groups excluding carboxylic acids is 1. The Kier molecular flexibility index (Phi) is 5.80. The summed E-state index contributed by atoms with van der Waals surface area (Å²) < 4.78 is 42.8. The van der Waals surface area contributed by atoms with Gasteiger partial charge in [0.2, 0.25) is 5.95 Å². The first kappa shape index (κ1) is 21.3. The fourth-order valence-corrected chi connectivity index (χ4v) is 3.34. The van der Waals surface area contributed by atoms with E-state index >= 15 is 0 Å². The van der Waals surface area contributed by atoms with Gasteiger partial charge in [0.1, 0.15) is 18.1 Å². The lowest BCUT2D eigenvalue weighted by atomic mass is 10.1. The Morgan fingerprint density at radius 3 is 2.84 bits per heavy atom. The fraction of sp³-hybridized carbons (Fsp3) is 0.238. The molecule has 1 aliphatic heterocycles. The number of anilines is 2. The van der Waals surface area contributed by atoms with Crippen LogP contribution in [0.1, 0.15) is 21.5 Å². The molecule has 4 rings (SSSR count). The van der Waals surface area contributed by atoms with Crippen molar-refractivity contribution in [2.75, 3.05) is 24.2 Å². The van der Waals surface area contributed by atoms with Crippen molar-refractivity contribution < 1.29 is 22.7 Å². The van der Waals surface area contributed by atoms with Gasteiger partial charge in [0.05, 0.1) is 17.9 Å². The summed E-state index contributed by atoms with van der Waals surface area (Å²) in [6, 6.07) is 8.10. The van der Waals surface area contributed by atoms with E-state index in [1.165, 1.54) is 12.1 Å². The number of nitrogens with two attached hydrogens (primary N) is 1. The van der Waals surface area contributed by atoms with Crippen LogP contribution in [-0.4, -0.2) is 40.2 Å². The molecule has 0 bridgehead atoms. The number of amides is 1. The Morgan fingerprint density at radius 2 is 2.06 bits per heavy atom. The van der Waals surface area contributed by atoms with Crippen LogP contribution in [0.3, 0.4) is 0 Å². The number of nitrogen functional groups attached to an aromatic ring is 1. The molecule has 0 radical (unpaired) electrons. The molecule has 1 amide bonds. The lowest BCUT2D eigenvalue weighted by molar-refractivity contribution is -0.123. The highest BCUT2D eigenvalue weighted by atomic mass is 19.4. The second kappa shape index (κ2) is 8.69. The minimum Gasteiger partial charge on any atom is -0.492 e. The zero-order valence-electron chi connectivity index (χ0n) is 16.7. The predicted octanol–water partition coefficient (Wildman–Crippen LogP) is 2.96. The number of fused-ring (bicyclic) bond motifs is 1. The summed E-state index contributed by atoms with van der Waals surface area (Å²) in [4.78, 5) is 24.6. The molecule has 3 heterocycles. The molecule has 0 saturated carbocycles. The van der Waals surface area contributed by atoms with Crippen LogP contribution in [0.2, 0.25) is 0 Å². The minimum absolute atomic E-state index is 0.145. The Bertz CT molecular complexity index is 1150. The summed E-state index contributed by atoms with van der Waals surface area (Å²) in [5, 5.41) is 5.08. The Balaban J connectivity index is 1.49. The number of pyridine rings is 1. The van der Waals surface area contributed by atoms with Crippen LogP contribution < -0.4 is 21.1 Å². The number of nitrogens with zero attached hydrogens (tertiary/aromatic N) is 3. The molecule has 11 heteroatoms. The highest BCUT2D eigenvalue weighted by Gasteiger charge is 2.28. The first-order valence-electron chi connectivity index (χ1n) is 9.71. The Morgan fingerprint density at radius 1 is 1.22 bits per heavy atom. The van der Waals surface area contributed by atoms with Gasteiger partial charge in [0.25, 0.3) is 5.91 Å². The molecule has 0 unspecified atom stereocenters. The van der Waals surface area contributed by atoms with E-state index < -0.39 is 18.6 Å². The number of alkyl halides is 3. The van der Waals surface area contributed by atoms with Crippen LogP contribution in [0.5, 0.6) is 5.75 Å². The number of ether oxygens (including phenoxy) is 1. The fourth-order valence-electron chi connectivity index (χ4n) is 3.34. The van der Waals surface area contributed by atoms with Gasteiger partial charge in [0, 0.05) is 36.5 Å². The molecule has 1 aliphatic rings. The van der Waals surface area contributed by atoms with E-state index in [2.05, 4.69) is 20.3 Å². The van der Waals surface area contributed by atoms with Gasteiger partial charge in [-0.25, -0.2) is 15.0 Å². The van der Waals surface area contributed by atoms with Gasteiger partial charge in [-0.2, -0.15) is 13.2 Å². The molecule has 166 valence electrons. The first-order valence-corrected chi connectivity index (χ1v) is 9.71. The second-order valence-corrected chi connectivity index (χ2v) is 7.08. The van der Waals surface area contributed by atoms with Crippen LogP contribution in [-0.2, 0) is 13.0 Å². The molecular formula is C21H19F3N6O2. The molecule has 3 aromatic rings. The van der Waals surface area contributed by atoms with Crippen LogP contribution >= 0.6 is 0 Å². The summed E-state index contributed by atoms with van der Waals surface area (Å²) >= 11 is 0. The van der Waals surface area contributed by atoms with Crippen LogP contribution in [0.15, 0.2) is 42.7 Å². The van der Waals surface area contributed by atoms with E-state index in [1.807, 2.05) is 5.32 Å². The maximum absolute atomic E-state index is 12.3. The van der Waals surface area contributed by atoms with E-state index in [-0.39, 0.29) is 11.5 Å². The topological polar surface area (TPSA) is 115 Å². The molecule has 32 heavy (non-hydrogen) atoms. The van der Waals surface area contributed by atoms with Crippen LogP contribution in [0.4, 0.5) is 24.9 Å². The third-order valence-electron chi connectivity index (χ3n) is 4.77. The predicted molar refractivity (Wildman–Crippen MR) is 111 cm³/mol. The number of halogens is 3. The third-order valence-corrected chi connectivity index (χ3v) is 4.77. The molecule has 0 aliphatic carbocycles. The van der Waals surface area contributed by atoms with Crippen molar-refractivity contribution in [1.82, 2.24) is 20.3 Å². The number of aromatic nitrogens is 3. The van der Waals surface area contributed by atoms with E-state index in [4.69, 9.17) is 10.5 Å². The molecule has 0 atom stereocenters. The van der Waals surface area contributed by atoms with Crippen molar-refractivity contribution in [3.05, 3.63) is 59.4 Å². The number of carbonyl (C=O) groups is 1. The van der Waals surface area contributed by atoms with Gasteiger partial charge in [0.15, 0.2) is 0 Å². The number of benzene rings is 1. The van der Waals surface area contributed by atoms with Crippen molar-refractivity contribution in [3.63, 3.8) is 0 Å². The van der Waals surface area contributed by atoms with Crippen molar-refractivity contribution in [1.29, 1.82) is 0 Å². The number of hydrogen-bond donors (Lipinski definition) is 3. The van der Waals surface area contributed by atoms with Crippen LogP contribution in [0, 0.1) is 0 Å². The van der Waals surface area contributed by atoms with Gasteiger partial charge in [-0.15, -0.1) is 0 Å². The molecule has 8 nitrogen and oxygen atoms in total. The van der Waals surface area contributed by atoms with Gasteiger partial charge >= 0.3 is 6.18 Å². The smallest absolute Gasteiger partial charge is 0.405 e. The zero-order valence-corrected chi connectivity index (χ0v) is 16.7. The number of rotatable bonds is 6. The maximum atomic E-state index is 12.3. The average molecular weight is 444 g/mol. The van der Waals surface area contributed by atoms with E-state index in [0.29, 0.717) is 48.0 Å². The van der Waals surface area contributed by atoms with Gasteiger partial charge < -0.3 is 21.1 Å². The average Bonchev–Trinajstić information content (AvgIpc) is 3.26. The monoisotopic (exact) mass is 444 g/mol. The van der Waals surface area contributed by atoms with E-state index in [0.717, 1.165) is 5.56 Å². The SMILES string of the molecule is Nc1nccc(-c2cnc(NCc3cccc(C(=O)NCC(F)(F)F)c3)c3c2OCC3)n1. The van der Waals surface area contributed by atoms with Crippen molar-refractivity contribution in [3.8, 4) is 17.0 Å². The van der Waals surface area contributed by atoms with Gasteiger partial charge in [-0.05, 0) is 23.8 Å². The number of nitrogens with one attached hydrogen (secondary N) is 2. The lowest BCUT2D eigenvalue weighted by Gasteiger charge is -2.13. The zero-order chi connectivity index (χ0) is 22.7. The molecule has 0 fully saturated rings. The van der Waals surface area contributed by atoms with Crippen molar-refractivity contribution in [2.24, 2.45) is 0 Å². The summed E-state index contributed by atoms with van der Waals surface area (Å²) in [6.07, 6.45) is -0.621. The largest absolute Gasteiger partial charge is 0.492 e. The standard InChI is InChI=1S/C21H19F3N6O2/c22-21(23,24)11-29-19(31)13-3-1-2-12(8-13)9-27-18-14-5-7-32-17(14)15(10-28-18)16-4-6-26-20(25)30-16/h1-4,6,8,10H,5,7,9,11H2,(H,27,28)(H,29,31)(H2,25,26,30). The number of hydrogen-bond acceptors (Lipinski definition) is 7.